The van der Waals surface area contributed by atoms with Crippen molar-refractivity contribution in [1.29, 1.82) is 0 Å². The molecule has 0 bridgehead atoms. The quantitative estimate of drug-likeness (QED) is 0.242. The van der Waals surface area contributed by atoms with E-state index in [1.165, 1.54) is 0 Å². The molecule has 3 N–H and O–H groups in total. The second-order valence-electron chi connectivity index (χ2n) is 8.11. The van der Waals surface area contributed by atoms with Crippen LogP contribution in [0.5, 0.6) is 0 Å². The van der Waals surface area contributed by atoms with Crippen molar-refractivity contribution >= 4 is 5.78 Å². The first-order chi connectivity index (χ1) is 16.8. The van der Waals surface area contributed by atoms with Gasteiger partial charge in [-0.25, -0.2) is 0 Å². The largest absolute Gasteiger partial charge is 0.380 e. The van der Waals surface area contributed by atoms with Crippen LogP contribution in [0.2, 0.25) is 0 Å². The predicted octanol–water partition coefficient (Wildman–Crippen LogP) is 2.56. The average molecular weight is 491 g/mol. The third-order valence-electron chi connectivity index (χ3n) is 5.71. The molecule has 194 valence electrons. The third-order valence-corrected chi connectivity index (χ3v) is 5.71. The van der Waals surface area contributed by atoms with Crippen LogP contribution >= 0.6 is 0 Å². The van der Waals surface area contributed by atoms with Gasteiger partial charge in [-0.2, -0.15) is 0 Å². The molecule has 0 aromatic heterocycles. The number of rotatable bonds is 16. The molecule has 0 amide bonds. The van der Waals surface area contributed by atoms with Gasteiger partial charge < -0.3 is 28.8 Å². The number of methoxy groups -OCH3 is 4. The van der Waals surface area contributed by atoms with Crippen LogP contribution in [0.1, 0.15) is 41.4 Å². The highest BCUT2D eigenvalue weighted by Gasteiger charge is 2.35. The van der Waals surface area contributed by atoms with Gasteiger partial charge in [0.2, 0.25) is 0 Å². The molecule has 0 radical (unpaired) electrons. The number of carbonyl (C=O) groups excluding carboxylic acids is 1. The molecular weight excluding hydrogens is 452 g/mol. The van der Waals surface area contributed by atoms with Crippen molar-refractivity contribution < 1.29 is 33.6 Å². The summed E-state index contributed by atoms with van der Waals surface area (Å²) in [5.74, 6) is -0.432. The van der Waals surface area contributed by atoms with Gasteiger partial charge in [-0.3, -0.25) is 15.4 Å². The highest BCUT2D eigenvalue weighted by Crippen LogP contribution is 2.30. The standard InChI is InChI=1S/C26H38N2O7/c1-18(27-16-22(31-3)32-4)35-26(2,28-17-23(33-5)34-6)21-15-11-10-14-20(21)25(30)24(29)19-12-8-7-9-13-19/h7-15,18,22-24,27-29H,16-17H2,1-6H3. The van der Waals surface area contributed by atoms with Gasteiger partial charge in [-0.1, -0.05) is 54.6 Å². The zero-order valence-electron chi connectivity index (χ0n) is 21.3. The molecule has 0 aliphatic rings. The van der Waals surface area contributed by atoms with Crippen molar-refractivity contribution in [3.63, 3.8) is 0 Å². The summed E-state index contributed by atoms with van der Waals surface area (Å²) in [6, 6.07) is 15.9. The van der Waals surface area contributed by atoms with E-state index in [1.807, 2.05) is 26.0 Å². The van der Waals surface area contributed by atoms with Crippen molar-refractivity contribution in [3.8, 4) is 0 Å². The lowest BCUT2D eigenvalue weighted by Crippen LogP contribution is -2.51. The Morgan fingerprint density at radius 2 is 1.43 bits per heavy atom. The number of ketones is 1. The summed E-state index contributed by atoms with van der Waals surface area (Å²) in [5.41, 5.74) is 0.265. The number of aliphatic hydroxyl groups excluding tert-OH is 1. The van der Waals surface area contributed by atoms with E-state index < -0.39 is 36.4 Å². The molecule has 0 heterocycles. The Hall–Kier alpha value is -2.21. The van der Waals surface area contributed by atoms with Crippen molar-refractivity contribution in [2.24, 2.45) is 0 Å². The lowest BCUT2D eigenvalue weighted by Gasteiger charge is -2.37. The Morgan fingerprint density at radius 1 is 0.886 bits per heavy atom. The van der Waals surface area contributed by atoms with E-state index in [0.717, 1.165) is 0 Å². The maximum absolute atomic E-state index is 13.4. The monoisotopic (exact) mass is 490 g/mol. The maximum Gasteiger partial charge on any atom is 0.196 e. The van der Waals surface area contributed by atoms with Gasteiger partial charge >= 0.3 is 0 Å². The Labute approximate surface area is 207 Å². The fourth-order valence-corrected chi connectivity index (χ4v) is 3.71. The lowest BCUT2D eigenvalue weighted by atomic mass is 9.91. The van der Waals surface area contributed by atoms with Crippen LogP contribution in [-0.2, 0) is 29.4 Å². The van der Waals surface area contributed by atoms with Gasteiger partial charge in [-0.15, -0.1) is 0 Å². The maximum atomic E-state index is 13.4. The fraction of sp³-hybridized carbons (Fsp3) is 0.500. The fourth-order valence-electron chi connectivity index (χ4n) is 3.71. The van der Waals surface area contributed by atoms with E-state index in [2.05, 4.69) is 10.6 Å². The van der Waals surface area contributed by atoms with E-state index in [-0.39, 0.29) is 6.54 Å². The van der Waals surface area contributed by atoms with Crippen LogP contribution < -0.4 is 10.6 Å². The van der Waals surface area contributed by atoms with Gasteiger partial charge in [0.25, 0.3) is 0 Å². The summed E-state index contributed by atoms with van der Waals surface area (Å²) in [5, 5.41) is 17.4. The predicted molar refractivity (Wildman–Crippen MR) is 132 cm³/mol. The summed E-state index contributed by atoms with van der Waals surface area (Å²) in [6.07, 6.45) is -2.76. The molecule has 0 aliphatic carbocycles. The summed E-state index contributed by atoms with van der Waals surface area (Å²) < 4.78 is 27.5. The van der Waals surface area contributed by atoms with Crippen LogP contribution in [0.15, 0.2) is 54.6 Å². The lowest BCUT2D eigenvalue weighted by molar-refractivity contribution is -0.152. The number of hydrogen-bond donors (Lipinski definition) is 3. The molecule has 35 heavy (non-hydrogen) atoms. The number of aliphatic hydroxyl groups is 1. The SMILES string of the molecule is COC(CNC(C)OC(C)(NCC(OC)OC)c1ccccc1C(=O)C(O)c1ccccc1)OC. The zero-order valence-corrected chi connectivity index (χ0v) is 21.3. The topological polar surface area (TPSA) is 108 Å². The average Bonchev–Trinajstić information content (AvgIpc) is 2.89. The minimum absolute atomic E-state index is 0.277. The third kappa shape index (κ3) is 8.16. The van der Waals surface area contributed by atoms with Crippen molar-refractivity contribution in [3.05, 3.63) is 71.3 Å². The molecule has 0 spiro atoms. The van der Waals surface area contributed by atoms with E-state index >= 15 is 0 Å². The highest BCUT2D eigenvalue weighted by atomic mass is 16.7. The summed E-state index contributed by atoms with van der Waals surface area (Å²) in [7, 11) is 6.20. The number of Topliss-reactive ketones (excluding diaryl/α,β-unsaturated/α-hetero) is 1. The Balaban J connectivity index is 2.37. The van der Waals surface area contributed by atoms with E-state index in [1.54, 1.807) is 70.9 Å². The van der Waals surface area contributed by atoms with Crippen LogP contribution in [0.3, 0.4) is 0 Å². The molecule has 0 saturated heterocycles. The molecule has 2 aromatic rings. The summed E-state index contributed by atoms with van der Waals surface area (Å²) in [4.78, 5) is 13.4. The first-order valence-electron chi connectivity index (χ1n) is 11.4. The minimum Gasteiger partial charge on any atom is -0.380 e. The van der Waals surface area contributed by atoms with E-state index in [9.17, 15) is 9.90 Å². The second kappa shape index (κ2) is 14.4. The summed E-state index contributed by atoms with van der Waals surface area (Å²) >= 11 is 0. The van der Waals surface area contributed by atoms with E-state index in [0.29, 0.717) is 23.2 Å². The number of hydrogen-bond acceptors (Lipinski definition) is 9. The zero-order chi connectivity index (χ0) is 25.8. The van der Waals surface area contributed by atoms with Gasteiger partial charge in [0.1, 0.15) is 18.1 Å². The molecular formula is C26H38N2O7. The van der Waals surface area contributed by atoms with Gasteiger partial charge in [0, 0.05) is 52.7 Å². The molecule has 3 atom stereocenters. The molecule has 0 fully saturated rings. The molecule has 2 rings (SSSR count). The van der Waals surface area contributed by atoms with E-state index in [4.69, 9.17) is 23.7 Å². The Bertz CT molecular complexity index is 890. The van der Waals surface area contributed by atoms with Crippen molar-refractivity contribution in [2.75, 3.05) is 41.5 Å². The molecule has 2 aromatic carbocycles. The number of ether oxygens (including phenoxy) is 5. The first-order valence-corrected chi connectivity index (χ1v) is 11.4. The highest BCUT2D eigenvalue weighted by molar-refractivity contribution is 6.01. The second-order valence-corrected chi connectivity index (χ2v) is 8.11. The van der Waals surface area contributed by atoms with Crippen LogP contribution in [0.4, 0.5) is 0 Å². The van der Waals surface area contributed by atoms with Crippen molar-refractivity contribution in [1.82, 2.24) is 10.6 Å². The van der Waals surface area contributed by atoms with Crippen LogP contribution in [-0.4, -0.2) is 71.2 Å². The molecule has 9 nitrogen and oxygen atoms in total. The minimum atomic E-state index is -1.31. The Morgan fingerprint density at radius 3 is 2.03 bits per heavy atom. The molecule has 0 saturated carbocycles. The number of nitrogens with one attached hydrogen (secondary N) is 2. The first kappa shape index (κ1) is 29.0. The summed E-state index contributed by atoms with van der Waals surface area (Å²) in [6.45, 7) is 4.32. The van der Waals surface area contributed by atoms with Crippen molar-refractivity contribution in [2.45, 2.75) is 44.5 Å². The van der Waals surface area contributed by atoms with Crippen LogP contribution in [0.25, 0.3) is 0 Å². The van der Waals surface area contributed by atoms with Crippen LogP contribution in [0, 0.1) is 0 Å². The Kier molecular flexibility index (Phi) is 11.9. The molecule has 0 aliphatic heterocycles. The molecule has 3 unspecified atom stereocenters. The van der Waals surface area contributed by atoms with Gasteiger partial charge in [-0.05, 0) is 19.4 Å². The van der Waals surface area contributed by atoms with Gasteiger partial charge in [0.15, 0.2) is 18.4 Å². The number of benzene rings is 2. The van der Waals surface area contributed by atoms with Gasteiger partial charge in [0.05, 0.1) is 0 Å². The molecule has 9 heteroatoms. The smallest absolute Gasteiger partial charge is 0.196 e. The number of carbonyl (C=O) groups is 1. The normalized spacial score (nSPS) is 15.2.